The average Bonchev–Trinajstić information content (AvgIpc) is 3.29. The number of thioether (sulfide) groups is 1. The SMILES string of the molecule is NC(=O)CCN(C(=O)CSc1nc(-c2ccccc2)c(-c2ccccc2)o1)c1ccc(F)cc1. The molecular weight excluding hydrogens is 453 g/mol. The Hall–Kier alpha value is -3.91. The minimum Gasteiger partial charge on any atom is -0.431 e. The molecule has 0 fully saturated rings. The van der Waals surface area contributed by atoms with E-state index in [1.807, 2.05) is 60.7 Å². The Morgan fingerprint density at radius 1 is 0.912 bits per heavy atom. The van der Waals surface area contributed by atoms with Crippen molar-refractivity contribution in [3.05, 3.63) is 90.7 Å². The summed E-state index contributed by atoms with van der Waals surface area (Å²) in [7, 11) is 0. The molecule has 0 unspecified atom stereocenters. The van der Waals surface area contributed by atoms with Gasteiger partial charge in [0.25, 0.3) is 5.22 Å². The minimum absolute atomic E-state index is 0.0108. The molecule has 0 saturated heterocycles. The monoisotopic (exact) mass is 475 g/mol. The first-order valence-electron chi connectivity index (χ1n) is 10.6. The first-order chi connectivity index (χ1) is 16.5. The smallest absolute Gasteiger partial charge is 0.257 e. The molecule has 4 aromatic rings. The van der Waals surface area contributed by atoms with Crippen molar-refractivity contribution in [2.45, 2.75) is 11.6 Å². The van der Waals surface area contributed by atoms with Crippen LogP contribution in [0.4, 0.5) is 10.1 Å². The molecule has 3 aromatic carbocycles. The number of anilines is 1. The van der Waals surface area contributed by atoms with E-state index in [0.717, 1.165) is 22.9 Å². The second kappa shape index (κ2) is 10.8. The quantitative estimate of drug-likeness (QED) is 0.338. The van der Waals surface area contributed by atoms with Crippen molar-refractivity contribution in [3.8, 4) is 22.6 Å². The molecule has 8 heteroatoms. The van der Waals surface area contributed by atoms with Gasteiger partial charge in [-0.05, 0) is 24.3 Å². The zero-order valence-corrected chi connectivity index (χ0v) is 19.0. The van der Waals surface area contributed by atoms with Crippen LogP contribution in [0.1, 0.15) is 6.42 Å². The molecule has 0 aliphatic heterocycles. The molecule has 0 bridgehead atoms. The number of rotatable bonds is 9. The van der Waals surface area contributed by atoms with E-state index in [2.05, 4.69) is 4.98 Å². The van der Waals surface area contributed by atoms with Gasteiger partial charge >= 0.3 is 0 Å². The number of amides is 2. The maximum atomic E-state index is 13.4. The van der Waals surface area contributed by atoms with Crippen LogP contribution in [-0.4, -0.2) is 29.1 Å². The third-order valence-corrected chi connectivity index (χ3v) is 5.84. The van der Waals surface area contributed by atoms with Gasteiger partial charge in [0.05, 0.1) is 5.75 Å². The van der Waals surface area contributed by atoms with Crippen LogP contribution in [0.15, 0.2) is 94.6 Å². The van der Waals surface area contributed by atoms with Gasteiger partial charge in [-0.25, -0.2) is 9.37 Å². The molecule has 0 aliphatic carbocycles. The lowest BCUT2D eigenvalue weighted by Crippen LogP contribution is -2.35. The van der Waals surface area contributed by atoms with E-state index in [9.17, 15) is 14.0 Å². The molecule has 0 saturated carbocycles. The molecule has 6 nitrogen and oxygen atoms in total. The van der Waals surface area contributed by atoms with Crippen molar-refractivity contribution < 1.29 is 18.4 Å². The number of oxazole rings is 1. The highest BCUT2D eigenvalue weighted by Gasteiger charge is 2.21. The Kier molecular flexibility index (Phi) is 7.39. The van der Waals surface area contributed by atoms with Gasteiger partial charge in [-0.2, -0.15) is 0 Å². The van der Waals surface area contributed by atoms with Gasteiger partial charge in [0.15, 0.2) is 5.76 Å². The van der Waals surface area contributed by atoms with Crippen LogP contribution in [0.5, 0.6) is 0 Å². The molecule has 1 aromatic heterocycles. The van der Waals surface area contributed by atoms with Crippen molar-refractivity contribution in [1.82, 2.24) is 4.98 Å². The lowest BCUT2D eigenvalue weighted by Gasteiger charge is -2.22. The lowest BCUT2D eigenvalue weighted by molar-refractivity contribution is -0.118. The summed E-state index contributed by atoms with van der Waals surface area (Å²) < 4.78 is 19.4. The van der Waals surface area contributed by atoms with Crippen LogP contribution in [0.25, 0.3) is 22.6 Å². The Balaban J connectivity index is 1.57. The molecule has 2 amide bonds. The number of primary amides is 1. The summed E-state index contributed by atoms with van der Waals surface area (Å²) in [4.78, 5) is 30.4. The largest absolute Gasteiger partial charge is 0.431 e. The highest BCUT2D eigenvalue weighted by atomic mass is 32.2. The van der Waals surface area contributed by atoms with Crippen molar-refractivity contribution >= 4 is 29.3 Å². The predicted octanol–water partition coefficient (Wildman–Crippen LogP) is 5.15. The maximum absolute atomic E-state index is 13.4. The molecular formula is C26H22FN3O3S. The van der Waals surface area contributed by atoms with Gasteiger partial charge in [-0.3, -0.25) is 9.59 Å². The predicted molar refractivity (Wildman–Crippen MR) is 131 cm³/mol. The van der Waals surface area contributed by atoms with Gasteiger partial charge < -0.3 is 15.1 Å². The Morgan fingerprint density at radius 3 is 2.15 bits per heavy atom. The first kappa shape index (κ1) is 23.3. The zero-order valence-electron chi connectivity index (χ0n) is 18.2. The summed E-state index contributed by atoms with van der Waals surface area (Å²) in [6.07, 6.45) is -0.0108. The molecule has 4 rings (SSSR count). The second-order valence-corrected chi connectivity index (χ2v) is 8.34. The number of benzene rings is 3. The third-order valence-electron chi connectivity index (χ3n) is 5.03. The van der Waals surface area contributed by atoms with Gasteiger partial charge in [0.2, 0.25) is 11.8 Å². The highest BCUT2D eigenvalue weighted by molar-refractivity contribution is 7.99. The summed E-state index contributed by atoms with van der Waals surface area (Å²) in [6, 6.07) is 24.8. The van der Waals surface area contributed by atoms with Crippen LogP contribution < -0.4 is 10.6 Å². The van der Waals surface area contributed by atoms with Crippen molar-refractivity contribution in [2.75, 3.05) is 17.2 Å². The van der Waals surface area contributed by atoms with Crippen LogP contribution in [0.2, 0.25) is 0 Å². The van der Waals surface area contributed by atoms with E-state index < -0.39 is 11.7 Å². The Labute approximate surface area is 200 Å². The number of nitrogens with two attached hydrogens (primary N) is 1. The standard InChI is InChI=1S/C26H22FN3O3S/c27-20-11-13-21(14-12-20)30(16-15-22(28)31)23(32)17-34-26-29-24(18-7-3-1-4-8-18)25(33-26)19-9-5-2-6-10-19/h1-14H,15-17H2,(H2,28,31). The summed E-state index contributed by atoms with van der Waals surface area (Å²) in [5.74, 6) is -0.592. The van der Waals surface area contributed by atoms with E-state index in [-0.39, 0.29) is 24.6 Å². The van der Waals surface area contributed by atoms with E-state index in [1.165, 1.54) is 29.2 Å². The van der Waals surface area contributed by atoms with Crippen LogP contribution >= 0.6 is 11.8 Å². The molecule has 0 aliphatic rings. The van der Waals surface area contributed by atoms with Crippen molar-refractivity contribution in [1.29, 1.82) is 0 Å². The summed E-state index contributed by atoms with van der Waals surface area (Å²) in [6.45, 7) is 0.0937. The molecule has 0 radical (unpaired) electrons. The minimum atomic E-state index is -0.528. The summed E-state index contributed by atoms with van der Waals surface area (Å²) in [5.41, 5.74) is 8.22. The molecule has 2 N–H and O–H groups in total. The molecule has 34 heavy (non-hydrogen) atoms. The molecule has 0 atom stereocenters. The maximum Gasteiger partial charge on any atom is 0.257 e. The van der Waals surface area contributed by atoms with Crippen molar-refractivity contribution in [2.24, 2.45) is 5.73 Å². The van der Waals surface area contributed by atoms with Gasteiger partial charge in [-0.15, -0.1) is 0 Å². The molecule has 0 spiro atoms. The number of carbonyl (C=O) groups excluding carboxylic acids is 2. The van der Waals surface area contributed by atoms with E-state index >= 15 is 0 Å². The summed E-state index contributed by atoms with van der Waals surface area (Å²) >= 11 is 1.15. The number of hydrogen-bond donors (Lipinski definition) is 1. The highest BCUT2D eigenvalue weighted by Crippen LogP contribution is 2.35. The third kappa shape index (κ3) is 5.71. The number of carbonyl (C=O) groups is 2. The lowest BCUT2D eigenvalue weighted by atomic mass is 10.1. The van der Waals surface area contributed by atoms with Crippen LogP contribution in [0.3, 0.4) is 0 Å². The van der Waals surface area contributed by atoms with Gasteiger partial charge in [0.1, 0.15) is 11.5 Å². The Morgan fingerprint density at radius 2 is 1.53 bits per heavy atom. The fourth-order valence-electron chi connectivity index (χ4n) is 3.38. The number of nitrogens with zero attached hydrogens (tertiary/aromatic N) is 2. The number of halogens is 1. The molecule has 1 heterocycles. The zero-order chi connectivity index (χ0) is 23.9. The van der Waals surface area contributed by atoms with E-state index in [1.54, 1.807) is 0 Å². The number of hydrogen-bond acceptors (Lipinski definition) is 5. The van der Waals surface area contributed by atoms with E-state index in [4.69, 9.17) is 10.2 Å². The fourth-order valence-corrected chi connectivity index (χ4v) is 4.08. The number of aromatic nitrogens is 1. The van der Waals surface area contributed by atoms with Crippen LogP contribution in [0, 0.1) is 5.82 Å². The summed E-state index contributed by atoms with van der Waals surface area (Å²) in [5, 5.41) is 0.347. The van der Waals surface area contributed by atoms with Crippen molar-refractivity contribution in [3.63, 3.8) is 0 Å². The normalized spacial score (nSPS) is 10.7. The Bertz CT molecular complexity index is 1200. The van der Waals surface area contributed by atoms with E-state index in [0.29, 0.717) is 22.4 Å². The van der Waals surface area contributed by atoms with Gasteiger partial charge in [0, 0.05) is 29.8 Å². The first-order valence-corrected chi connectivity index (χ1v) is 11.6. The average molecular weight is 476 g/mol. The fraction of sp³-hybridized carbons (Fsp3) is 0.115. The van der Waals surface area contributed by atoms with Gasteiger partial charge in [-0.1, -0.05) is 72.4 Å². The molecule has 172 valence electrons. The second-order valence-electron chi connectivity index (χ2n) is 7.42. The van der Waals surface area contributed by atoms with Crippen LogP contribution in [-0.2, 0) is 9.59 Å². The topological polar surface area (TPSA) is 89.4 Å².